The highest BCUT2D eigenvalue weighted by atomic mass is 15.3. The third-order valence-electron chi connectivity index (χ3n) is 6.39. The van der Waals surface area contributed by atoms with Gasteiger partial charge in [-0.15, -0.1) is 0 Å². The Kier molecular flexibility index (Phi) is 7.33. The highest BCUT2D eigenvalue weighted by molar-refractivity contribution is 5.74. The molecule has 4 heteroatoms. The molecule has 2 aliphatic rings. The van der Waals surface area contributed by atoms with E-state index in [-0.39, 0.29) is 0 Å². The van der Waals surface area contributed by atoms with Crippen LogP contribution in [0.3, 0.4) is 0 Å². The SMILES string of the molecule is CCN(C)c1cccc(C2=CC=C(CN(C)C(C)CN3CCN(C)CC3)C2)c1. The highest BCUT2D eigenvalue weighted by Crippen LogP contribution is 2.30. The summed E-state index contributed by atoms with van der Waals surface area (Å²) in [6, 6.07) is 9.53. The van der Waals surface area contributed by atoms with Crippen molar-refractivity contribution >= 4 is 11.3 Å². The summed E-state index contributed by atoms with van der Waals surface area (Å²) < 4.78 is 0. The lowest BCUT2D eigenvalue weighted by Gasteiger charge is -2.36. The first-order chi connectivity index (χ1) is 13.5. The van der Waals surface area contributed by atoms with Gasteiger partial charge in [0.15, 0.2) is 0 Å². The van der Waals surface area contributed by atoms with Crippen molar-refractivity contribution in [3.63, 3.8) is 0 Å². The number of hydrogen-bond donors (Lipinski definition) is 0. The molecule has 1 fully saturated rings. The van der Waals surface area contributed by atoms with Gasteiger partial charge in [-0.3, -0.25) is 9.80 Å². The molecule has 0 radical (unpaired) electrons. The van der Waals surface area contributed by atoms with E-state index in [1.165, 1.54) is 55.1 Å². The quantitative estimate of drug-likeness (QED) is 0.683. The first kappa shape index (κ1) is 21.1. The number of piperazine rings is 1. The second-order valence-electron chi connectivity index (χ2n) is 8.63. The normalized spacial score (nSPS) is 19.6. The lowest BCUT2D eigenvalue weighted by molar-refractivity contribution is 0.120. The third-order valence-corrected chi connectivity index (χ3v) is 6.39. The van der Waals surface area contributed by atoms with Gasteiger partial charge in [-0.1, -0.05) is 29.9 Å². The molecular formula is C24H38N4. The number of nitrogens with zero attached hydrogens (tertiary/aromatic N) is 4. The molecule has 1 heterocycles. The van der Waals surface area contributed by atoms with Gasteiger partial charge in [0.2, 0.25) is 0 Å². The van der Waals surface area contributed by atoms with E-state index in [1.54, 1.807) is 0 Å². The van der Waals surface area contributed by atoms with E-state index >= 15 is 0 Å². The third kappa shape index (κ3) is 5.47. The van der Waals surface area contributed by atoms with E-state index in [9.17, 15) is 0 Å². The van der Waals surface area contributed by atoms with E-state index in [4.69, 9.17) is 0 Å². The van der Waals surface area contributed by atoms with Crippen LogP contribution in [0.1, 0.15) is 25.8 Å². The summed E-state index contributed by atoms with van der Waals surface area (Å²) >= 11 is 0. The molecular weight excluding hydrogens is 344 g/mol. The van der Waals surface area contributed by atoms with Crippen LogP contribution < -0.4 is 4.90 Å². The van der Waals surface area contributed by atoms with Crippen molar-refractivity contribution in [2.24, 2.45) is 0 Å². The van der Waals surface area contributed by atoms with E-state index < -0.39 is 0 Å². The molecule has 1 atom stereocenters. The topological polar surface area (TPSA) is 13.0 Å². The van der Waals surface area contributed by atoms with E-state index in [0.29, 0.717) is 6.04 Å². The van der Waals surface area contributed by atoms with E-state index in [0.717, 1.165) is 19.5 Å². The van der Waals surface area contributed by atoms with Gasteiger partial charge >= 0.3 is 0 Å². The Hall–Kier alpha value is -1.62. The van der Waals surface area contributed by atoms with Gasteiger partial charge in [-0.05, 0) is 57.6 Å². The monoisotopic (exact) mass is 382 g/mol. The Bertz CT molecular complexity index is 700. The molecule has 0 spiro atoms. The summed E-state index contributed by atoms with van der Waals surface area (Å²) in [6.07, 6.45) is 5.73. The fourth-order valence-electron chi connectivity index (χ4n) is 4.03. The van der Waals surface area contributed by atoms with Crippen LogP contribution >= 0.6 is 0 Å². The first-order valence-electron chi connectivity index (χ1n) is 10.8. The number of benzene rings is 1. The molecule has 1 aromatic carbocycles. The molecule has 3 rings (SSSR count). The molecule has 0 aromatic heterocycles. The van der Waals surface area contributed by atoms with Crippen LogP contribution in [-0.2, 0) is 0 Å². The lowest BCUT2D eigenvalue weighted by Crippen LogP contribution is -2.49. The van der Waals surface area contributed by atoms with Crippen LogP contribution in [0.15, 0.2) is 42.0 Å². The van der Waals surface area contributed by atoms with Crippen LogP contribution in [-0.4, -0.2) is 87.7 Å². The number of likely N-dealkylation sites (N-methyl/N-ethyl adjacent to an activating group) is 2. The predicted molar refractivity (Wildman–Crippen MR) is 122 cm³/mol. The number of hydrogen-bond acceptors (Lipinski definition) is 4. The Morgan fingerprint density at radius 1 is 1.07 bits per heavy atom. The van der Waals surface area contributed by atoms with Crippen molar-refractivity contribution < 1.29 is 0 Å². The van der Waals surface area contributed by atoms with Gasteiger partial charge in [-0.2, -0.15) is 0 Å². The minimum Gasteiger partial charge on any atom is -0.375 e. The zero-order valence-electron chi connectivity index (χ0n) is 18.5. The van der Waals surface area contributed by atoms with Crippen molar-refractivity contribution in [1.29, 1.82) is 0 Å². The van der Waals surface area contributed by atoms with Crippen molar-refractivity contribution in [2.45, 2.75) is 26.3 Å². The maximum atomic E-state index is 2.61. The van der Waals surface area contributed by atoms with E-state index in [2.05, 4.69) is 91.0 Å². The summed E-state index contributed by atoms with van der Waals surface area (Å²) in [6.45, 7) is 12.6. The van der Waals surface area contributed by atoms with Crippen LogP contribution in [0, 0.1) is 0 Å². The second kappa shape index (κ2) is 9.73. The van der Waals surface area contributed by atoms with E-state index in [1.807, 2.05) is 0 Å². The van der Waals surface area contributed by atoms with Crippen molar-refractivity contribution in [1.82, 2.24) is 14.7 Å². The van der Waals surface area contributed by atoms with Crippen LogP contribution in [0.5, 0.6) is 0 Å². The lowest BCUT2D eigenvalue weighted by atomic mass is 10.0. The van der Waals surface area contributed by atoms with Crippen LogP contribution in [0.25, 0.3) is 5.57 Å². The summed E-state index contributed by atoms with van der Waals surface area (Å²) in [5.74, 6) is 0. The van der Waals surface area contributed by atoms with Gasteiger partial charge in [0.25, 0.3) is 0 Å². The Labute approximate surface area is 172 Å². The Morgan fingerprint density at radius 3 is 2.54 bits per heavy atom. The van der Waals surface area contributed by atoms with Crippen molar-refractivity contribution in [3.05, 3.63) is 47.6 Å². The van der Waals surface area contributed by atoms with Gasteiger partial charge in [0.05, 0.1) is 0 Å². The summed E-state index contributed by atoms with van der Waals surface area (Å²) in [4.78, 5) is 9.85. The average molecular weight is 383 g/mol. The maximum Gasteiger partial charge on any atom is 0.0369 e. The van der Waals surface area contributed by atoms with Crippen molar-refractivity contribution in [2.75, 3.05) is 71.9 Å². The first-order valence-corrected chi connectivity index (χ1v) is 10.8. The average Bonchev–Trinajstić information content (AvgIpc) is 3.17. The summed E-state index contributed by atoms with van der Waals surface area (Å²) in [5.41, 5.74) is 5.63. The largest absolute Gasteiger partial charge is 0.375 e. The molecule has 1 aromatic rings. The highest BCUT2D eigenvalue weighted by Gasteiger charge is 2.20. The molecule has 0 N–H and O–H groups in total. The molecule has 4 nitrogen and oxygen atoms in total. The number of allylic oxidation sites excluding steroid dienone is 3. The maximum absolute atomic E-state index is 2.61. The molecule has 0 bridgehead atoms. The Morgan fingerprint density at radius 2 is 1.82 bits per heavy atom. The fraction of sp³-hybridized carbons (Fsp3) is 0.583. The smallest absolute Gasteiger partial charge is 0.0369 e. The number of rotatable bonds is 8. The minimum absolute atomic E-state index is 0.579. The zero-order valence-corrected chi connectivity index (χ0v) is 18.5. The van der Waals surface area contributed by atoms with Gasteiger partial charge in [0, 0.05) is 64.6 Å². The van der Waals surface area contributed by atoms with Crippen LogP contribution in [0.4, 0.5) is 5.69 Å². The van der Waals surface area contributed by atoms with Gasteiger partial charge in [0.1, 0.15) is 0 Å². The molecule has 0 saturated carbocycles. The molecule has 28 heavy (non-hydrogen) atoms. The molecule has 1 saturated heterocycles. The van der Waals surface area contributed by atoms with Crippen molar-refractivity contribution in [3.8, 4) is 0 Å². The fourth-order valence-corrected chi connectivity index (χ4v) is 4.03. The molecule has 1 unspecified atom stereocenters. The molecule has 1 aliphatic carbocycles. The molecule has 0 amide bonds. The predicted octanol–water partition coefficient (Wildman–Crippen LogP) is 3.42. The number of anilines is 1. The zero-order chi connectivity index (χ0) is 20.1. The minimum atomic E-state index is 0.579. The summed E-state index contributed by atoms with van der Waals surface area (Å²) in [7, 11) is 6.65. The molecule has 1 aliphatic heterocycles. The van der Waals surface area contributed by atoms with Gasteiger partial charge < -0.3 is 9.80 Å². The van der Waals surface area contributed by atoms with Gasteiger partial charge in [-0.25, -0.2) is 0 Å². The molecule has 154 valence electrons. The Balaban J connectivity index is 1.49. The van der Waals surface area contributed by atoms with Crippen LogP contribution in [0.2, 0.25) is 0 Å². The summed E-state index contributed by atoms with van der Waals surface area (Å²) in [5, 5.41) is 0. The second-order valence-corrected chi connectivity index (χ2v) is 8.63. The standard InChI is InChI=1S/C24H38N4/c1-6-26(4)24-9-7-8-22(17-24)23-11-10-21(16-23)19-27(5)20(2)18-28-14-12-25(3)13-15-28/h7-11,17,20H,6,12-16,18-19H2,1-5H3.